The van der Waals surface area contributed by atoms with Crippen LogP contribution in [0.3, 0.4) is 0 Å². The number of rotatable bonds is 0. The van der Waals surface area contributed by atoms with E-state index in [1.165, 1.54) is 5.75 Å². The summed E-state index contributed by atoms with van der Waals surface area (Å²) in [6, 6.07) is 0. The topological polar surface area (TPSA) is 12.0 Å². The summed E-state index contributed by atoms with van der Waals surface area (Å²) in [7, 11) is 7.29. The summed E-state index contributed by atoms with van der Waals surface area (Å²) in [6.07, 6.45) is 0. The smallest absolute Gasteiger partial charge is 0.0180 e. The van der Waals surface area contributed by atoms with E-state index in [9.17, 15) is 0 Å². The molecule has 1 fully saturated rings. The molecule has 0 saturated carbocycles. The van der Waals surface area contributed by atoms with Gasteiger partial charge in [0.25, 0.3) is 0 Å². The van der Waals surface area contributed by atoms with Gasteiger partial charge in [-0.2, -0.15) is 0 Å². The van der Waals surface area contributed by atoms with Crippen LogP contribution in [0.25, 0.3) is 0 Å². The van der Waals surface area contributed by atoms with E-state index in [2.05, 4.69) is 4.72 Å². The molecule has 0 unspecified atom stereocenters. The molecule has 0 aromatic carbocycles. The Hall–Kier alpha value is 1.36. The Kier molecular flexibility index (Phi) is 3.94. The third kappa shape index (κ3) is 3.03. The van der Waals surface area contributed by atoms with Crippen LogP contribution in [0.2, 0.25) is 0 Å². The molecule has 1 N–H and O–H groups in total. The van der Waals surface area contributed by atoms with Gasteiger partial charge in [0.1, 0.15) is 0 Å². The molecule has 5 heteroatoms. The first-order valence-corrected chi connectivity index (χ1v) is 6.83. The standard InChI is InChI=1S/C2H5NS4/c1-2-4-6-7-5-3-1/h3H,1-2H2. The highest BCUT2D eigenvalue weighted by molar-refractivity contribution is 9.26. The maximum atomic E-state index is 3.19. The number of nitrogens with one attached hydrogen (secondary N) is 1. The Labute approximate surface area is 58.5 Å². The van der Waals surface area contributed by atoms with Gasteiger partial charge in [-0.05, 0) is 9.83 Å². The van der Waals surface area contributed by atoms with Gasteiger partial charge in [-0.15, -0.1) is 0 Å². The lowest BCUT2D eigenvalue weighted by molar-refractivity contribution is 1.06. The first-order valence-electron chi connectivity index (χ1n) is 1.85. The molecule has 0 aromatic rings. The van der Waals surface area contributed by atoms with Gasteiger partial charge in [-0.3, -0.25) is 4.72 Å². The van der Waals surface area contributed by atoms with E-state index in [-0.39, 0.29) is 0 Å². The van der Waals surface area contributed by atoms with Crippen molar-refractivity contribution in [2.75, 3.05) is 12.3 Å². The fraction of sp³-hybridized carbons (Fsp3) is 1.00. The van der Waals surface area contributed by atoms with Crippen molar-refractivity contribution in [1.82, 2.24) is 4.72 Å². The summed E-state index contributed by atoms with van der Waals surface area (Å²) in [5, 5.41) is 0. The minimum atomic E-state index is 1.13. The first kappa shape index (κ1) is 6.48. The van der Waals surface area contributed by atoms with Crippen molar-refractivity contribution in [3.63, 3.8) is 0 Å². The molecule has 42 valence electrons. The molecule has 1 rings (SSSR count). The molecular formula is C2H5NS4. The van der Waals surface area contributed by atoms with Gasteiger partial charge in [0, 0.05) is 33.1 Å². The monoisotopic (exact) mass is 171 g/mol. The summed E-state index contributed by atoms with van der Waals surface area (Å²) in [5.41, 5.74) is 0. The van der Waals surface area contributed by atoms with E-state index in [1.807, 2.05) is 20.6 Å². The molecule has 1 aliphatic rings. The van der Waals surface area contributed by atoms with Crippen molar-refractivity contribution >= 4 is 41.4 Å². The molecule has 0 amide bonds. The van der Waals surface area contributed by atoms with Crippen LogP contribution in [0.4, 0.5) is 0 Å². The van der Waals surface area contributed by atoms with Gasteiger partial charge < -0.3 is 0 Å². The summed E-state index contributed by atoms with van der Waals surface area (Å²) in [5.74, 6) is 1.23. The normalized spacial score (nSPS) is 24.0. The second-order valence-corrected chi connectivity index (χ2v) is 6.78. The van der Waals surface area contributed by atoms with Crippen LogP contribution in [0.1, 0.15) is 0 Å². The molecule has 0 atom stereocenters. The first-order chi connectivity index (χ1) is 3.50. The van der Waals surface area contributed by atoms with Gasteiger partial charge in [0.05, 0.1) is 0 Å². The summed E-state index contributed by atoms with van der Waals surface area (Å²) < 4.78 is 3.19. The van der Waals surface area contributed by atoms with E-state index in [0.717, 1.165) is 6.54 Å². The minimum Gasteiger partial charge on any atom is -0.253 e. The molecule has 0 radical (unpaired) electrons. The van der Waals surface area contributed by atoms with Crippen LogP contribution in [-0.2, 0) is 0 Å². The molecule has 0 aromatic heterocycles. The summed E-state index contributed by atoms with van der Waals surface area (Å²) in [4.78, 5) is 0. The van der Waals surface area contributed by atoms with Crippen LogP contribution in [-0.4, -0.2) is 12.3 Å². The fourth-order valence-corrected chi connectivity index (χ4v) is 5.41. The molecule has 0 bridgehead atoms. The van der Waals surface area contributed by atoms with Crippen LogP contribution in [0.5, 0.6) is 0 Å². The van der Waals surface area contributed by atoms with Gasteiger partial charge in [0.15, 0.2) is 0 Å². The van der Waals surface area contributed by atoms with Crippen molar-refractivity contribution < 1.29 is 0 Å². The van der Waals surface area contributed by atoms with Crippen LogP contribution in [0, 0.1) is 0 Å². The fourth-order valence-electron chi connectivity index (χ4n) is 0.217. The Balaban J connectivity index is 2.04. The molecule has 1 saturated heterocycles. The number of hydrogen-bond acceptors (Lipinski definition) is 5. The average molecular weight is 171 g/mol. The highest BCUT2D eigenvalue weighted by Crippen LogP contribution is 2.42. The lowest BCUT2D eigenvalue weighted by atomic mass is 10.8. The second-order valence-electron chi connectivity index (χ2n) is 0.936. The molecule has 1 heterocycles. The molecule has 1 nitrogen and oxygen atoms in total. The maximum absolute atomic E-state index is 3.19. The number of hydrogen-bond donors (Lipinski definition) is 1. The molecule has 7 heavy (non-hydrogen) atoms. The van der Waals surface area contributed by atoms with Crippen LogP contribution in [0.15, 0.2) is 0 Å². The SMILES string of the molecule is C1CSSSSN1. The largest absolute Gasteiger partial charge is 0.253 e. The highest BCUT2D eigenvalue weighted by Gasteiger charge is 1.96. The third-order valence-electron chi connectivity index (χ3n) is 0.456. The van der Waals surface area contributed by atoms with E-state index < -0.39 is 0 Å². The highest BCUT2D eigenvalue weighted by atomic mass is 33.7. The van der Waals surface area contributed by atoms with E-state index >= 15 is 0 Å². The predicted octanol–water partition coefficient (Wildman–Crippen LogP) is 2.18. The Morgan fingerprint density at radius 1 is 1.29 bits per heavy atom. The Morgan fingerprint density at radius 2 is 2.29 bits per heavy atom. The van der Waals surface area contributed by atoms with Crippen LogP contribution >= 0.6 is 41.4 Å². The lowest BCUT2D eigenvalue weighted by Crippen LogP contribution is -2.03. The lowest BCUT2D eigenvalue weighted by Gasteiger charge is -1.88. The second kappa shape index (κ2) is 4.26. The van der Waals surface area contributed by atoms with Crippen molar-refractivity contribution in [3.8, 4) is 0 Å². The molecule has 0 aliphatic carbocycles. The minimum absolute atomic E-state index is 1.13. The summed E-state index contributed by atoms with van der Waals surface area (Å²) in [6.45, 7) is 1.13. The van der Waals surface area contributed by atoms with E-state index in [1.54, 1.807) is 20.8 Å². The van der Waals surface area contributed by atoms with Crippen molar-refractivity contribution in [2.24, 2.45) is 0 Å². The predicted molar refractivity (Wildman–Crippen MR) is 43.2 cm³/mol. The Bertz CT molecular complexity index is 29.3. The Morgan fingerprint density at radius 3 is 3.29 bits per heavy atom. The van der Waals surface area contributed by atoms with Crippen molar-refractivity contribution in [3.05, 3.63) is 0 Å². The zero-order valence-corrected chi connectivity index (χ0v) is 6.81. The zero-order chi connectivity index (χ0) is 4.95. The maximum Gasteiger partial charge on any atom is 0.0180 e. The third-order valence-corrected chi connectivity index (χ3v) is 6.36. The van der Waals surface area contributed by atoms with Crippen molar-refractivity contribution in [2.45, 2.75) is 0 Å². The average Bonchev–Trinajstić information content (AvgIpc) is 1.90. The van der Waals surface area contributed by atoms with Gasteiger partial charge >= 0.3 is 0 Å². The van der Waals surface area contributed by atoms with E-state index in [0.29, 0.717) is 0 Å². The van der Waals surface area contributed by atoms with Crippen LogP contribution < -0.4 is 4.72 Å². The van der Waals surface area contributed by atoms with Gasteiger partial charge in [-0.25, -0.2) is 0 Å². The van der Waals surface area contributed by atoms with E-state index in [4.69, 9.17) is 0 Å². The molecule has 0 spiro atoms. The van der Waals surface area contributed by atoms with Crippen molar-refractivity contribution in [1.29, 1.82) is 0 Å². The zero-order valence-electron chi connectivity index (χ0n) is 3.55. The van der Waals surface area contributed by atoms with Gasteiger partial charge in [0.2, 0.25) is 0 Å². The summed E-state index contributed by atoms with van der Waals surface area (Å²) >= 11 is 0. The molecular weight excluding hydrogens is 166 g/mol. The van der Waals surface area contributed by atoms with Gasteiger partial charge in [-0.1, -0.05) is 10.8 Å². The molecule has 1 aliphatic heterocycles. The quantitative estimate of drug-likeness (QED) is 0.441.